The van der Waals surface area contributed by atoms with Crippen LogP contribution in [0.15, 0.2) is 12.5 Å². The highest BCUT2D eigenvalue weighted by Crippen LogP contribution is 2.40. The number of nitrogens with zero attached hydrogens (tertiary/aromatic N) is 2. The van der Waals surface area contributed by atoms with Crippen LogP contribution in [0.4, 0.5) is 11.5 Å². The fraction of sp³-hybridized carbons (Fsp3) is 0.636. The first kappa shape index (κ1) is 11.5. The van der Waals surface area contributed by atoms with E-state index in [0.717, 1.165) is 12.4 Å². The van der Waals surface area contributed by atoms with Crippen molar-refractivity contribution in [3.05, 3.63) is 12.5 Å². The number of thioether (sulfide) groups is 1. The van der Waals surface area contributed by atoms with Gasteiger partial charge in [0, 0.05) is 11.3 Å². The Labute approximate surface area is 100 Å². The normalized spacial score (nSPS) is 18.6. The molecule has 3 N–H and O–H groups in total. The number of nitrogens with two attached hydrogens (primary N) is 1. The molecule has 2 rings (SSSR count). The number of aromatic nitrogens is 2. The average molecular weight is 238 g/mol. The first-order chi connectivity index (χ1) is 7.76. The van der Waals surface area contributed by atoms with E-state index in [1.807, 2.05) is 11.8 Å². The van der Waals surface area contributed by atoms with E-state index in [4.69, 9.17) is 5.73 Å². The third-order valence-corrected chi connectivity index (χ3v) is 4.68. The maximum Gasteiger partial charge on any atom is 0.152 e. The average Bonchev–Trinajstić information content (AvgIpc) is 2.78. The largest absolute Gasteiger partial charge is 0.394 e. The molecule has 1 saturated carbocycles. The molecule has 1 heterocycles. The maximum absolute atomic E-state index is 5.80. The molecular formula is C11H18N4S. The van der Waals surface area contributed by atoms with Crippen molar-refractivity contribution >= 4 is 23.3 Å². The molecule has 1 fully saturated rings. The van der Waals surface area contributed by atoms with Crippen molar-refractivity contribution in [3.63, 3.8) is 0 Å². The van der Waals surface area contributed by atoms with Crippen LogP contribution in [-0.4, -0.2) is 27.5 Å². The topological polar surface area (TPSA) is 63.8 Å². The molecule has 0 aliphatic heterocycles. The quantitative estimate of drug-likeness (QED) is 0.841. The Morgan fingerprint density at radius 3 is 2.88 bits per heavy atom. The Bertz CT molecular complexity index is 350. The molecular weight excluding hydrogens is 220 g/mol. The number of rotatable bonds is 4. The van der Waals surface area contributed by atoms with Crippen LogP contribution in [0.25, 0.3) is 0 Å². The first-order valence-corrected chi connectivity index (χ1v) is 6.83. The molecule has 0 radical (unpaired) electrons. The summed E-state index contributed by atoms with van der Waals surface area (Å²) >= 11 is 1.96. The number of hydrogen-bond donors (Lipinski definition) is 2. The number of anilines is 2. The van der Waals surface area contributed by atoms with Gasteiger partial charge in [-0.15, -0.1) is 0 Å². The predicted octanol–water partition coefficient (Wildman–Crippen LogP) is 2.15. The van der Waals surface area contributed by atoms with Crippen molar-refractivity contribution in [2.45, 2.75) is 30.4 Å². The Hall–Kier alpha value is -0.970. The third-order valence-electron chi connectivity index (χ3n) is 3.27. The number of nitrogens with one attached hydrogen (secondary N) is 1. The first-order valence-electron chi connectivity index (χ1n) is 5.60. The van der Waals surface area contributed by atoms with E-state index < -0.39 is 0 Å². The summed E-state index contributed by atoms with van der Waals surface area (Å²) in [5.41, 5.74) is 6.42. The van der Waals surface area contributed by atoms with Crippen LogP contribution in [-0.2, 0) is 0 Å². The van der Waals surface area contributed by atoms with Crippen LogP contribution in [0.5, 0.6) is 0 Å². The summed E-state index contributed by atoms with van der Waals surface area (Å²) in [7, 11) is 0. The maximum atomic E-state index is 5.80. The molecule has 0 aromatic carbocycles. The Morgan fingerprint density at radius 1 is 1.50 bits per heavy atom. The molecule has 0 saturated heterocycles. The van der Waals surface area contributed by atoms with E-state index in [9.17, 15) is 0 Å². The predicted molar refractivity (Wildman–Crippen MR) is 69.6 cm³/mol. The zero-order valence-corrected chi connectivity index (χ0v) is 10.4. The van der Waals surface area contributed by atoms with Crippen molar-refractivity contribution < 1.29 is 0 Å². The van der Waals surface area contributed by atoms with Gasteiger partial charge in [-0.05, 0) is 19.1 Å². The lowest BCUT2D eigenvalue weighted by Crippen LogP contribution is -2.30. The molecule has 0 bridgehead atoms. The van der Waals surface area contributed by atoms with E-state index in [1.54, 1.807) is 6.20 Å². The van der Waals surface area contributed by atoms with Crippen LogP contribution in [0, 0.1) is 0 Å². The number of nitrogen functional groups attached to an aromatic ring is 1. The Balaban J connectivity index is 1.98. The van der Waals surface area contributed by atoms with Crippen molar-refractivity contribution in [2.24, 2.45) is 0 Å². The van der Waals surface area contributed by atoms with Crippen molar-refractivity contribution in [1.29, 1.82) is 0 Å². The molecule has 5 heteroatoms. The minimum atomic E-state index is 0.372. The van der Waals surface area contributed by atoms with Gasteiger partial charge in [-0.1, -0.05) is 12.8 Å². The van der Waals surface area contributed by atoms with Crippen molar-refractivity contribution in [2.75, 3.05) is 23.9 Å². The standard InChI is InChI=1S/C11H18N4S/c1-16-11(4-2-3-5-11)7-14-10-9(12)6-13-8-15-10/h6,8H,2-5,7,12H2,1H3,(H,13,14,15). The Kier molecular flexibility index (Phi) is 3.53. The minimum absolute atomic E-state index is 0.372. The lowest BCUT2D eigenvalue weighted by Gasteiger charge is -2.27. The molecule has 16 heavy (non-hydrogen) atoms. The van der Waals surface area contributed by atoms with Gasteiger partial charge < -0.3 is 11.1 Å². The van der Waals surface area contributed by atoms with Crippen LogP contribution in [0.2, 0.25) is 0 Å². The van der Waals surface area contributed by atoms with Crippen LogP contribution >= 0.6 is 11.8 Å². The molecule has 0 unspecified atom stereocenters. The molecule has 1 aromatic heterocycles. The second-order valence-corrected chi connectivity index (χ2v) is 5.55. The summed E-state index contributed by atoms with van der Waals surface area (Å²) in [6, 6.07) is 0. The summed E-state index contributed by atoms with van der Waals surface area (Å²) in [6.45, 7) is 0.940. The molecule has 0 atom stereocenters. The number of hydrogen-bond acceptors (Lipinski definition) is 5. The van der Waals surface area contributed by atoms with Gasteiger partial charge in [0.2, 0.25) is 0 Å². The fourth-order valence-corrected chi connectivity index (χ4v) is 3.12. The summed E-state index contributed by atoms with van der Waals surface area (Å²) in [6.07, 6.45) is 10.6. The van der Waals surface area contributed by atoms with Crippen molar-refractivity contribution in [1.82, 2.24) is 9.97 Å². The second-order valence-electron chi connectivity index (χ2n) is 4.27. The summed E-state index contributed by atoms with van der Waals surface area (Å²) in [5.74, 6) is 0.760. The van der Waals surface area contributed by atoms with E-state index in [0.29, 0.717) is 10.4 Å². The third kappa shape index (κ3) is 2.40. The van der Waals surface area contributed by atoms with Gasteiger partial charge in [-0.25, -0.2) is 9.97 Å². The lowest BCUT2D eigenvalue weighted by molar-refractivity contribution is 0.638. The highest BCUT2D eigenvalue weighted by molar-refractivity contribution is 8.00. The van der Waals surface area contributed by atoms with Gasteiger partial charge >= 0.3 is 0 Å². The molecule has 88 valence electrons. The second kappa shape index (κ2) is 4.91. The molecule has 0 amide bonds. The van der Waals surface area contributed by atoms with Gasteiger partial charge in [0.15, 0.2) is 5.82 Å². The SMILES string of the molecule is CSC1(CNc2ncncc2N)CCCC1. The lowest BCUT2D eigenvalue weighted by atomic mass is 10.1. The summed E-state index contributed by atoms with van der Waals surface area (Å²) < 4.78 is 0.372. The Morgan fingerprint density at radius 2 is 2.25 bits per heavy atom. The summed E-state index contributed by atoms with van der Waals surface area (Å²) in [4.78, 5) is 8.03. The van der Waals surface area contributed by atoms with E-state index in [2.05, 4.69) is 21.5 Å². The highest BCUT2D eigenvalue weighted by Gasteiger charge is 2.32. The molecule has 1 aliphatic rings. The van der Waals surface area contributed by atoms with Crippen molar-refractivity contribution in [3.8, 4) is 0 Å². The zero-order valence-electron chi connectivity index (χ0n) is 9.57. The smallest absolute Gasteiger partial charge is 0.152 e. The minimum Gasteiger partial charge on any atom is -0.394 e. The fourth-order valence-electron chi connectivity index (χ4n) is 2.21. The molecule has 1 aliphatic carbocycles. The van der Waals surface area contributed by atoms with Gasteiger partial charge in [0.05, 0.1) is 11.9 Å². The molecule has 1 aromatic rings. The highest BCUT2D eigenvalue weighted by atomic mass is 32.2. The van der Waals surface area contributed by atoms with Gasteiger partial charge in [-0.2, -0.15) is 11.8 Å². The van der Waals surface area contributed by atoms with Crippen LogP contribution in [0.1, 0.15) is 25.7 Å². The van der Waals surface area contributed by atoms with Crippen LogP contribution in [0.3, 0.4) is 0 Å². The molecule has 0 spiro atoms. The van der Waals surface area contributed by atoms with Gasteiger partial charge in [0.1, 0.15) is 6.33 Å². The zero-order chi connectivity index (χ0) is 11.4. The van der Waals surface area contributed by atoms with Crippen LogP contribution < -0.4 is 11.1 Å². The van der Waals surface area contributed by atoms with E-state index in [-0.39, 0.29) is 0 Å². The monoisotopic (exact) mass is 238 g/mol. The molecule has 4 nitrogen and oxygen atoms in total. The van der Waals surface area contributed by atoms with Gasteiger partial charge in [-0.3, -0.25) is 0 Å². The van der Waals surface area contributed by atoms with Gasteiger partial charge in [0.25, 0.3) is 0 Å². The summed E-state index contributed by atoms with van der Waals surface area (Å²) in [5, 5.41) is 3.35. The van der Waals surface area contributed by atoms with E-state index >= 15 is 0 Å². The van der Waals surface area contributed by atoms with E-state index in [1.165, 1.54) is 32.0 Å².